The number of hydrogen-bond donors (Lipinski definition) is 2. The molecule has 0 saturated heterocycles. The number of carbonyl (C=O) groups is 1. The van der Waals surface area contributed by atoms with Gasteiger partial charge in [-0.15, -0.1) is 0 Å². The zero-order chi connectivity index (χ0) is 13.0. The van der Waals surface area contributed by atoms with Gasteiger partial charge in [-0.3, -0.25) is 4.79 Å². The summed E-state index contributed by atoms with van der Waals surface area (Å²) < 4.78 is 4.56. The highest BCUT2D eigenvalue weighted by molar-refractivity contribution is 5.75. The van der Waals surface area contributed by atoms with Gasteiger partial charge in [0.2, 0.25) is 0 Å². The first-order valence-corrected chi connectivity index (χ1v) is 5.61. The third-order valence-corrected chi connectivity index (χ3v) is 2.71. The number of nitrogens with two attached hydrogens (primary N) is 1. The molecule has 1 atom stereocenters. The predicted octanol–water partition coefficient (Wildman–Crippen LogP) is 1.56. The largest absolute Gasteiger partial charge is 0.508 e. The number of ether oxygens (including phenoxy) is 1. The topological polar surface area (TPSA) is 72.5 Å². The average molecular weight is 237 g/mol. The van der Waals surface area contributed by atoms with E-state index in [4.69, 9.17) is 5.73 Å². The van der Waals surface area contributed by atoms with Crippen molar-refractivity contribution in [3.8, 4) is 5.75 Å². The molecule has 0 aromatic heterocycles. The van der Waals surface area contributed by atoms with Crippen LogP contribution in [0.4, 0.5) is 0 Å². The smallest absolute Gasteiger partial charge is 0.322 e. The summed E-state index contributed by atoms with van der Waals surface area (Å²) in [5.41, 5.74) is 7.45. The van der Waals surface area contributed by atoms with Crippen molar-refractivity contribution in [1.82, 2.24) is 0 Å². The van der Waals surface area contributed by atoms with Crippen LogP contribution in [0.2, 0.25) is 0 Å². The van der Waals surface area contributed by atoms with E-state index in [9.17, 15) is 9.90 Å². The van der Waals surface area contributed by atoms with Crippen LogP contribution >= 0.6 is 0 Å². The van der Waals surface area contributed by atoms with Gasteiger partial charge in [-0.1, -0.05) is 26.0 Å². The number of esters is 1. The number of phenols is 1. The fourth-order valence-electron chi connectivity index (χ4n) is 1.60. The molecule has 0 heterocycles. The van der Waals surface area contributed by atoms with Crippen LogP contribution in [-0.2, 0) is 16.0 Å². The molecule has 0 fully saturated rings. The molecule has 4 nitrogen and oxygen atoms in total. The Bertz CT molecular complexity index is 402. The molecule has 0 bridgehead atoms. The van der Waals surface area contributed by atoms with E-state index in [2.05, 4.69) is 18.6 Å². The number of benzene rings is 1. The molecule has 0 amide bonds. The van der Waals surface area contributed by atoms with Crippen LogP contribution in [0, 0.1) is 0 Å². The lowest BCUT2D eigenvalue weighted by Gasteiger charge is -2.13. The minimum atomic E-state index is -0.742. The lowest BCUT2D eigenvalue weighted by Crippen LogP contribution is -2.33. The van der Waals surface area contributed by atoms with Gasteiger partial charge in [0.25, 0.3) is 0 Å². The van der Waals surface area contributed by atoms with E-state index < -0.39 is 12.0 Å². The van der Waals surface area contributed by atoms with Gasteiger partial charge in [0.1, 0.15) is 11.8 Å². The van der Waals surface area contributed by atoms with Crippen molar-refractivity contribution in [2.24, 2.45) is 5.73 Å². The monoisotopic (exact) mass is 237 g/mol. The maximum absolute atomic E-state index is 11.2. The highest BCUT2D eigenvalue weighted by Gasteiger charge is 2.16. The van der Waals surface area contributed by atoms with Crippen LogP contribution in [0.25, 0.3) is 0 Å². The van der Waals surface area contributed by atoms with Crippen molar-refractivity contribution in [3.63, 3.8) is 0 Å². The molecule has 1 unspecified atom stereocenters. The van der Waals surface area contributed by atoms with Crippen LogP contribution in [0.1, 0.15) is 30.9 Å². The fraction of sp³-hybridized carbons (Fsp3) is 0.462. The highest BCUT2D eigenvalue weighted by Crippen LogP contribution is 2.24. The Morgan fingerprint density at radius 3 is 2.65 bits per heavy atom. The summed E-state index contributed by atoms with van der Waals surface area (Å²) in [6.07, 6.45) is 0.277. The van der Waals surface area contributed by atoms with Crippen LogP contribution in [0.15, 0.2) is 18.2 Å². The standard InChI is InChI=1S/C13H19NO3/c1-8(2)9-4-5-12(15)10(6-9)7-11(14)13(16)17-3/h4-6,8,11,15H,7,14H2,1-3H3. The molecule has 0 saturated carbocycles. The van der Waals surface area contributed by atoms with Gasteiger partial charge in [-0.05, 0) is 23.1 Å². The molecule has 1 aromatic carbocycles. The fourth-order valence-corrected chi connectivity index (χ4v) is 1.60. The van der Waals surface area contributed by atoms with E-state index in [0.29, 0.717) is 11.5 Å². The van der Waals surface area contributed by atoms with Crippen LogP contribution in [0.5, 0.6) is 5.75 Å². The Morgan fingerprint density at radius 1 is 1.47 bits per heavy atom. The minimum absolute atomic E-state index is 0.161. The first kappa shape index (κ1) is 13.5. The maximum Gasteiger partial charge on any atom is 0.322 e. The Balaban J connectivity index is 2.89. The number of rotatable bonds is 4. The van der Waals surface area contributed by atoms with Crippen LogP contribution < -0.4 is 5.73 Å². The molecule has 0 aliphatic heterocycles. The molecular formula is C13H19NO3. The second-order valence-electron chi connectivity index (χ2n) is 4.38. The number of aromatic hydroxyl groups is 1. The molecule has 17 heavy (non-hydrogen) atoms. The van der Waals surface area contributed by atoms with Gasteiger partial charge >= 0.3 is 5.97 Å². The summed E-state index contributed by atoms with van der Waals surface area (Å²) in [4.78, 5) is 11.2. The number of methoxy groups -OCH3 is 1. The highest BCUT2D eigenvalue weighted by atomic mass is 16.5. The molecule has 0 aliphatic carbocycles. The summed E-state index contributed by atoms with van der Waals surface area (Å²) in [5, 5.41) is 9.71. The first-order chi connectivity index (χ1) is 7.95. The van der Waals surface area contributed by atoms with Crippen molar-refractivity contribution in [2.45, 2.75) is 32.2 Å². The molecule has 4 heteroatoms. The van der Waals surface area contributed by atoms with Crippen molar-refractivity contribution < 1.29 is 14.6 Å². The third kappa shape index (κ3) is 3.46. The van der Waals surface area contributed by atoms with Gasteiger partial charge in [0, 0.05) is 6.42 Å². The van der Waals surface area contributed by atoms with E-state index in [1.54, 1.807) is 6.07 Å². The molecule has 1 rings (SSSR count). The summed E-state index contributed by atoms with van der Waals surface area (Å²) in [7, 11) is 1.30. The molecule has 94 valence electrons. The van der Waals surface area contributed by atoms with Gasteiger partial charge in [0.05, 0.1) is 7.11 Å². The number of carbonyl (C=O) groups excluding carboxylic acids is 1. The van der Waals surface area contributed by atoms with Gasteiger partial charge in [-0.25, -0.2) is 0 Å². The molecule has 1 aromatic rings. The second kappa shape index (κ2) is 5.68. The molecule has 0 spiro atoms. The predicted molar refractivity (Wildman–Crippen MR) is 65.9 cm³/mol. The Morgan fingerprint density at radius 2 is 2.12 bits per heavy atom. The van der Waals surface area contributed by atoms with Crippen LogP contribution in [0.3, 0.4) is 0 Å². The van der Waals surface area contributed by atoms with E-state index in [1.165, 1.54) is 7.11 Å². The third-order valence-electron chi connectivity index (χ3n) is 2.71. The summed E-state index contributed by atoms with van der Waals surface area (Å²) in [6, 6.07) is 4.64. The number of hydrogen-bond acceptors (Lipinski definition) is 4. The Kier molecular flexibility index (Phi) is 4.52. The summed E-state index contributed by atoms with van der Waals surface area (Å²) >= 11 is 0. The summed E-state index contributed by atoms with van der Waals surface area (Å²) in [6.45, 7) is 4.13. The van der Waals surface area contributed by atoms with E-state index >= 15 is 0 Å². The maximum atomic E-state index is 11.2. The molecule has 0 aliphatic rings. The van der Waals surface area contributed by atoms with Crippen LogP contribution in [-0.4, -0.2) is 24.2 Å². The lowest BCUT2D eigenvalue weighted by atomic mass is 9.97. The summed E-state index contributed by atoms with van der Waals surface area (Å²) in [5.74, 6) is 0.0526. The van der Waals surface area contributed by atoms with Gasteiger partial charge in [-0.2, -0.15) is 0 Å². The lowest BCUT2D eigenvalue weighted by molar-refractivity contribution is -0.142. The SMILES string of the molecule is COC(=O)C(N)Cc1cc(C(C)C)ccc1O. The molecule has 0 radical (unpaired) electrons. The minimum Gasteiger partial charge on any atom is -0.508 e. The van der Waals surface area contributed by atoms with Gasteiger partial charge < -0.3 is 15.6 Å². The average Bonchev–Trinajstić information content (AvgIpc) is 2.30. The number of phenolic OH excluding ortho intramolecular Hbond substituents is 1. The normalized spacial score (nSPS) is 12.5. The zero-order valence-electron chi connectivity index (χ0n) is 10.4. The molecule has 3 N–H and O–H groups in total. The van der Waals surface area contributed by atoms with Crippen molar-refractivity contribution in [3.05, 3.63) is 29.3 Å². The van der Waals surface area contributed by atoms with E-state index in [1.807, 2.05) is 12.1 Å². The van der Waals surface area contributed by atoms with E-state index in [-0.39, 0.29) is 12.2 Å². The Labute approximate surface area is 101 Å². The second-order valence-corrected chi connectivity index (χ2v) is 4.38. The molecular weight excluding hydrogens is 218 g/mol. The van der Waals surface area contributed by atoms with Crippen molar-refractivity contribution >= 4 is 5.97 Å². The van der Waals surface area contributed by atoms with Crippen molar-refractivity contribution in [1.29, 1.82) is 0 Å². The van der Waals surface area contributed by atoms with Gasteiger partial charge in [0.15, 0.2) is 0 Å². The Hall–Kier alpha value is -1.55. The zero-order valence-corrected chi connectivity index (χ0v) is 10.4. The first-order valence-electron chi connectivity index (χ1n) is 5.61. The van der Waals surface area contributed by atoms with Crippen molar-refractivity contribution in [2.75, 3.05) is 7.11 Å². The quantitative estimate of drug-likeness (QED) is 0.779. The van der Waals surface area contributed by atoms with E-state index in [0.717, 1.165) is 5.56 Å².